The average molecular weight is 316 g/mol. The summed E-state index contributed by atoms with van der Waals surface area (Å²) in [4.78, 5) is 17.3. The zero-order valence-electron chi connectivity index (χ0n) is 14.1. The van der Waals surface area contributed by atoms with Gasteiger partial charge in [0.15, 0.2) is 0 Å². The Morgan fingerprint density at radius 1 is 1.17 bits per heavy atom. The number of hydrogen-bond acceptors (Lipinski definition) is 3. The van der Waals surface area contributed by atoms with E-state index in [2.05, 4.69) is 28.9 Å². The molecule has 3 rings (SSSR count). The molecule has 1 amide bonds. The van der Waals surface area contributed by atoms with Crippen LogP contribution >= 0.6 is 0 Å². The molecular formula is C19H28N2O2. The molecule has 0 aliphatic carbocycles. The van der Waals surface area contributed by atoms with Crippen LogP contribution in [0.1, 0.15) is 38.2 Å². The molecule has 1 atom stereocenters. The Balaban J connectivity index is 1.71. The standard InChI is InChI=1S/C19H28N2O2/c1-2-17-15-20(18-9-12-23-13-10-18)11-8-19(22)21(17)14-16-6-4-3-5-7-16/h3-7,17-18H,2,8-15H2,1H3. The second-order valence-corrected chi connectivity index (χ2v) is 6.66. The van der Waals surface area contributed by atoms with Crippen molar-refractivity contribution in [3.05, 3.63) is 35.9 Å². The quantitative estimate of drug-likeness (QED) is 0.856. The average Bonchev–Trinajstić information content (AvgIpc) is 2.76. The number of hydrogen-bond donors (Lipinski definition) is 0. The predicted molar refractivity (Wildman–Crippen MR) is 91.1 cm³/mol. The van der Waals surface area contributed by atoms with Gasteiger partial charge in [0.25, 0.3) is 0 Å². The molecular weight excluding hydrogens is 288 g/mol. The zero-order valence-corrected chi connectivity index (χ0v) is 14.1. The lowest BCUT2D eigenvalue weighted by Gasteiger charge is -2.36. The molecule has 0 spiro atoms. The molecule has 0 radical (unpaired) electrons. The third-order valence-electron chi connectivity index (χ3n) is 5.19. The molecule has 0 saturated carbocycles. The molecule has 126 valence electrons. The highest BCUT2D eigenvalue weighted by molar-refractivity contribution is 5.77. The van der Waals surface area contributed by atoms with Crippen LogP contribution in [0.25, 0.3) is 0 Å². The fourth-order valence-electron chi connectivity index (χ4n) is 3.78. The van der Waals surface area contributed by atoms with Crippen molar-refractivity contribution >= 4 is 5.91 Å². The van der Waals surface area contributed by atoms with Crippen molar-refractivity contribution < 1.29 is 9.53 Å². The van der Waals surface area contributed by atoms with Gasteiger partial charge in [-0.25, -0.2) is 0 Å². The van der Waals surface area contributed by atoms with Gasteiger partial charge in [0, 0.05) is 51.4 Å². The second-order valence-electron chi connectivity index (χ2n) is 6.66. The molecule has 1 aromatic carbocycles. The van der Waals surface area contributed by atoms with Crippen molar-refractivity contribution in [3.8, 4) is 0 Å². The van der Waals surface area contributed by atoms with E-state index in [1.54, 1.807) is 0 Å². The van der Waals surface area contributed by atoms with Gasteiger partial charge < -0.3 is 9.64 Å². The number of rotatable bonds is 4. The first-order valence-electron chi connectivity index (χ1n) is 8.93. The van der Waals surface area contributed by atoms with Crippen molar-refractivity contribution in [1.29, 1.82) is 0 Å². The van der Waals surface area contributed by atoms with Gasteiger partial charge in [-0.1, -0.05) is 37.3 Å². The first-order valence-corrected chi connectivity index (χ1v) is 8.93. The van der Waals surface area contributed by atoms with Crippen molar-refractivity contribution in [2.75, 3.05) is 26.3 Å². The number of carbonyl (C=O) groups excluding carboxylic acids is 1. The molecule has 0 bridgehead atoms. The number of carbonyl (C=O) groups is 1. The Morgan fingerprint density at radius 2 is 1.91 bits per heavy atom. The van der Waals surface area contributed by atoms with Crippen LogP contribution in [-0.4, -0.2) is 54.1 Å². The molecule has 4 nitrogen and oxygen atoms in total. The van der Waals surface area contributed by atoms with Gasteiger partial charge in [-0.05, 0) is 24.8 Å². The Hall–Kier alpha value is -1.39. The number of amides is 1. The van der Waals surface area contributed by atoms with Gasteiger partial charge in [0.1, 0.15) is 0 Å². The number of benzene rings is 1. The summed E-state index contributed by atoms with van der Waals surface area (Å²) >= 11 is 0. The lowest BCUT2D eigenvalue weighted by atomic mass is 10.1. The van der Waals surface area contributed by atoms with Crippen molar-refractivity contribution in [3.63, 3.8) is 0 Å². The maximum Gasteiger partial charge on any atom is 0.224 e. The molecule has 2 aliphatic rings. The summed E-state index contributed by atoms with van der Waals surface area (Å²) in [6, 6.07) is 11.2. The molecule has 2 heterocycles. The number of ether oxygens (including phenoxy) is 1. The summed E-state index contributed by atoms with van der Waals surface area (Å²) in [5, 5.41) is 0. The van der Waals surface area contributed by atoms with Crippen LogP contribution in [0.15, 0.2) is 30.3 Å². The first kappa shape index (κ1) is 16.5. The maximum absolute atomic E-state index is 12.7. The molecule has 2 aliphatic heterocycles. The van der Waals surface area contributed by atoms with Crippen LogP contribution in [0.3, 0.4) is 0 Å². The van der Waals surface area contributed by atoms with Crippen LogP contribution in [0, 0.1) is 0 Å². The number of nitrogens with zero attached hydrogens (tertiary/aromatic N) is 2. The van der Waals surface area contributed by atoms with E-state index >= 15 is 0 Å². The lowest BCUT2D eigenvalue weighted by Crippen LogP contribution is -2.46. The summed E-state index contributed by atoms with van der Waals surface area (Å²) in [7, 11) is 0. The predicted octanol–water partition coefficient (Wildman–Crippen LogP) is 2.68. The Morgan fingerprint density at radius 3 is 2.61 bits per heavy atom. The fraction of sp³-hybridized carbons (Fsp3) is 0.632. The van der Waals surface area contributed by atoms with E-state index in [1.807, 2.05) is 18.2 Å². The van der Waals surface area contributed by atoms with Gasteiger partial charge in [-0.2, -0.15) is 0 Å². The van der Waals surface area contributed by atoms with Crippen molar-refractivity contribution in [1.82, 2.24) is 9.80 Å². The smallest absolute Gasteiger partial charge is 0.224 e. The Labute approximate surface area is 139 Å². The summed E-state index contributed by atoms with van der Waals surface area (Å²) in [5.74, 6) is 0.301. The highest BCUT2D eigenvalue weighted by Gasteiger charge is 2.32. The van der Waals surface area contributed by atoms with Crippen molar-refractivity contribution in [2.45, 2.75) is 51.2 Å². The molecule has 0 N–H and O–H groups in total. The molecule has 2 fully saturated rings. The Kier molecular flexibility index (Phi) is 5.68. The first-order chi connectivity index (χ1) is 11.3. The minimum Gasteiger partial charge on any atom is -0.381 e. The summed E-state index contributed by atoms with van der Waals surface area (Å²) in [6.07, 6.45) is 3.85. The van der Waals surface area contributed by atoms with E-state index < -0.39 is 0 Å². The van der Waals surface area contributed by atoms with E-state index in [1.165, 1.54) is 5.56 Å². The summed E-state index contributed by atoms with van der Waals surface area (Å²) < 4.78 is 5.49. The Bertz CT molecular complexity index is 499. The molecule has 4 heteroatoms. The normalized spacial score (nSPS) is 24.7. The highest BCUT2D eigenvalue weighted by Crippen LogP contribution is 2.22. The van der Waals surface area contributed by atoms with Gasteiger partial charge >= 0.3 is 0 Å². The monoisotopic (exact) mass is 316 g/mol. The van der Waals surface area contributed by atoms with E-state index in [9.17, 15) is 4.79 Å². The third-order valence-corrected chi connectivity index (χ3v) is 5.19. The van der Waals surface area contributed by atoms with Gasteiger partial charge in [-0.3, -0.25) is 9.69 Å². The van der Waals surface area contributed by atoms with E-state index in [0.717, 1.165) is 52.1 Å². The second kappa shape index (κ2) is 7.93. The van der Waals surface area contributed by atoms with E-state index in [0.29, 0.717) is 24.4 Å². The molecule has 23 heavy (non-hydrogen) atoms. The zero-order chi connectivity index (χ0) is 16.1. The van der Waals surface area contributed by atoms with Crippen LogP contribution in [0.4, 0.5) is 0 Å². The maximum atomic E-state index is 12.7. The molecule has 0 aromatic heterocycles. The summed E-state index contributed by atoms with van der Waals surface area (Å²) in [5.41, 5.74) is 1.22. The topological polar surface area (TPSA) is 32.8 Å². The minimum absolute atomic E-state index is 0.301. The van der Waals surface area contributed by atoms with Gasteiger partial charge in [-0.15, -0.1) is 0 Å². The van der Waals surface area contributed by atoms with E-state index in [-0.39, 0.29) is 0 Å². The summed E-state index contributed by atoms with van der Waals surface area (Å²) in [6.45, 7) is 6.55. The minimum atomic E-state index is 0.301. The lowest BCUT2D eigenvalue weighted by molar-refractivity contribution is -0.133. The molecule has 1 aromatic rings. The third kappa shape index (κ3) is 4.12. The van der Waals surface area contributed by atoms with Crippen LogP contribution < -0.4 is 0 Å². The van der Waals surface area contributed by atoms with Crippen LogP contribution in [-0.2, 0) is 16.1 Å². The van der Waals surface area contributed by atoms with Crippen LogP contribution in [0.5, 0.6) is 0 Å². The van der Waals surface area contributed by atoms with Gasteiger partial charge in [0.2, 0.25) is 5.91 Å². The van der Waals surface area contributed by atoms with Crippen molar-refractivity contribution in [2.24, 2.45) is 0 Å². The molecule has 1 unspecified atom stereocenters. The van der Waals surface area contributed by atoms with Gasteiger partial charge in [0.05, 0.1) is 0 Å². The highest BCUT2D eigenvalue weighted by atomic mass is 16.5. The van der Waals surface area contributed by atoms with E-state index in [4.69, 9.17) is 4.74 Å². The molecule has 2 saturated heterocycles. The largest absolute Gasteiger partial charge is 0.381 e. The SMILES string of the molecule is CCC1CN(C2CCOCC2)CCC(=O)N1Cc1ccccc1. The van der Waals surface area contributed by atoms with Crippen LogP contribution in [0.2, 0.25) is 0 Å². The fourth-order valence-corrected chi connectivity index (χ4v) is 3.78.